The third-order valence-electron chi connectivity index (χ3n) is 4.59. The number of amides is 1. The molecule has 0 aliphatic carbocycles. The van der Waals surface area contributed by atoms with E-state index < -0.39 is 11.7 Å². The first-order valence-corrected chi connectivity index (χ1v) is 10.3. The fraction of sp³-hybridized carbons (Fsp3) is 0.238. The Morgan fingerprint density at radius 1 is 1.16 bits per heavy atom. The molecule has 0 aliphatic heterocycles. The quantitative estimate of drug-likeness (QED) is 0.451. The summed E-state index contributed by atoms with van der Waals surface area (Å²) in [5, 5.41) is 8.12. The van der Waals surface area contributed by atoms with Crippen LogP contribution < -0.4 is 5.32 Å². The van der Waals surface area contributed by atoms with Crippen LogP contribution >= 0.6 is 11.3 Å². The summed E-state index contributed by atoms with van der Waals surface area (Å²) >= 11 is 1.21. The smallest absolute Gasteiger partial charge is 0.298 e. The molecule has 4 aromatic rings. The summed E-state index contributed by atoms with van der Waals surface area (Å²) in [4.78, 5) is 21.8. The number of halogens is 3. The normalized spacial score (nSPS) is 11.9. The van der Waals surface area contributed by atoms with Gasteiger partial charge in [-0.3, -0.25) is 10.1 Å². The number of benzene rings is 1. The van der Waals surface area contributed by atoms with Crippen molar-refractivity contribution in [3.8, 4) is 0 Å². The molecule has 0 saturated carbocycles. The van der Waals surface area contributed by atoms with Gasteiger partial charge in [0.1, 0.15) is 0 Å². The number of nitrogens with one attached hydrogen (secondary N) is 1. The first-order valence-electron chi connectivity index (χ1n) is 9.46. The third-order valence-corrected chi connectivity index (χ3v) is 5.50. The molecule has 3 aromatic heterocycles. The highest BCUT2D eigenvalue weighted by Crippen LogP contribution is 2.30. The number of carbonyl (C=O) groups is 1. The maximum atomic E-state index is 12.9. The summed E-state index contributed by atoms with van der Waals surface area (Å²) in [6, 6.07) is 7.03. The largest absolute Gasteiger partial charge is 0.416 e. The Morgan fingerprint density at radius 2 is 1.97 bits per heavy atom. The summed E-state index contributed by atoms with van der Waals surface area (Å²) < 4.78 is 40.4. The molecule has 0 bridgehead atoms. The van der Waals surface area contributed by atoms with Gasteiger partial charge in [-0.05, 0) is 31.5 Å². The Hall–Kier alpha value is -3.27. The summed E-state index contributed by atoms with van der Waals surface area (Å²) in [5.74, 6) is -0.369. The lowest BCUT2D eigenvalue weighted by Gasteiger charge is -2.08. The first-order chi connectivity index (χ1) is 14.7. The molecule has 6 nitrogen and oxygen atoms in total. The summed E-state index contributed by atoms with van der Waals surface area (Å²) in [5.41, 5.74) is 0.898. The number of thiazole rings is 1. The van der Waals surface area contributed by atoms with Crippen LogP contribution in [0.25, 0.3) is 11.0 Å². The second-order valence-corrected chi connectivity index (χ2v) is 8.40. The molecule has 4 rings (SSSR count). The number of carbonyl (C=O) groups excluding carboxylic acids is 1. The minimum atomic E-state index is -4.39. The molecule has 0 atom stereocenters. The van der Waals surface area contributed by atoms with E-state index >= 15 is 0 Å². The fourth-order valence-corrected chi connectivity index (χ4v) is 3.96. The molecule has 0 radical (unpaired) electrons. The second-order valence-electron chi connectivity index (χ2n) is 7.28. The SMILES string of the molecule is CC(C)n1ncc2cc(C(=O)Nc3ncc(Cc4cccc(C(F)(F)F)c4)s3)cnc21. The number of nitrogens with zero attached hydrogens (tertiary/aromatic N) is 4. The number of fused-ring (bicyclic) bond motifs is 1. The predicted molar refractivity (Wildman–Crippen MR) is 112 cm³/mol. The van der Waals surface area contributed by atoms with Gasteiger partial charge in [-0.15, -0.1) is 11.3 Å². The van der Waals surface area contributed by atoms with Gasteiger partial charge in [0.25, 0.3) is 5.91 Å². The van der Waals surface area contributed by atoms with Gasteiger partial charge in [0.2, 0.25) is 0 Å². The lowest BCUT2D eigenvalue weighted by molar-refractivity contribution is -0.137. The third kappa shape index (κ3) is 4.58. The molecule has 0 fully saturated rings. The van der Waals surface area contributed by atoms with Crippen molar-refractivity contribution in [3.05, 3.63) is 70.5 Å². The molecule has 1 amide bonds. The van der Waals surface area contributed by atoms with Crippen molar-refractivity contribution in [2.45, 2.75) is 32.5 Å². The van der Waals surface area contributed by atoms with Crippen LogP contribution in [0.4, 0.5) is 18.3 Å². The van der Waals surface area contributed by atoms with Gasteiger partial charge in [0, 0.05) is 35.1 Å². The maximum absolute atomic E-state index is 12.9. The van der Waals surface area contributed by atoms with Gasteiger partial charge in [-0.2, -0.15) is 18.3 Å². The number of hydrogen-bond donors (Lipinski definition) is 1. The van der Waals surface area contributed by atoms with Crippen molar-refractivity contribution in [3.63, 3.8) is 0 Å². The van der Waals surface area contributed by atoms with Gasteiger partial charge in [-0.1, -0.05) is 18.2 Å². The van der Waals surface area contributed by atoms with E-state index in [1.807, 2.05) is 13.8 Å². The zero-order valence-corrected chi connectivity index (χ0v) is 17.5. The molecule has 160 valence electrons. The van der Waals surface area contributed by atoms with Crippen molar-refractivity contribution in [2.24, 2.45) is 0 Å². The number of hydrogen-bond acceptors (Lipinski definition) is 5. The van der Waals surface area contributed by atoms with Gasteiger partial charge in [-0.25, -0.2) is 14.6 Å². The predicted octanol–water partition coefficient (Wildman–Crippen LogP) is 5.33. The van der Waals surface area contributed by atoms with E-state index in [2.05, 4.69) is 20.4 Å². The molecule has 10 heteroatoms. The standard InChI is InChI=1S/C21H18F3N5OS/c1-12(2)29-18-14(10-27-29)8-15(9-25-18)19(30)28-20-26-11-17(31-20)7-13-4-3-5-16(6-13)21(22,23)24/h3-6,8-12H,7H2,1-2H3,(H,26,28,30). The van der Waals surface area contributed by atoms with Crippen LogP contribution in [0.5, 0.6) is 0 Å². The molecule has 0 aliphatic rings. The Balaban J connectivity index is 1.46. The molecule has 0 saturated heterocycles. The highest BCUT2D eigenvalue weighted by molar-refractivity contribution is 7.15. The minimum Gasteiger partial charge on any atom is -0.298 e. The number of pyridine rings is 1. The van der Waals surface area contributed by atoms with Crippen molar-refractivity contribution in [1.29, 1.82) is 0 Å². The van der Waals surface area contributed by atoms with Crippen molar-refractivity contribution in [2.75, 3.05) is 5.32 Å². The fourth-order valence-electron chi connectivity index (χ4n) is 3.12. The van der Waals surface area contributed by atoms with Gasteiger partial charge < -0.3 is 0 Å². The highest BCUT2D eigenvalue weighted by Gasteiger charge is 2.30. The Morgan fingerprint density at radius 3 is 2.71 bits per heavy atom. The van der Waals surface area contributed by atoms with E-state index in [0.29, 0.717) is 28.3 Å². The van der Waals surface area contributed by atoms with Crippen molar-refractivity contribution < 1.29 is 18.0 Å². The van der Waals surface area contributed by atoms with Crippen LogP contribution in [0, 0.1) is 0 Å². The topological polar surface area (TPSA) is 72.7 Å². The summed E-state index contributed by atoms with van der Waals surface area (Å²) in [7, 11) is 0. The zero-order valence-electron chi connectivity index (χ0n) is 16.6. The first kappa shape index (κ1) is 21.0. The van der Waals surface area contributed by atoms with E-state index in [1.165, 1.54) is 23.6 Å². The van der Waals surface area contributed by atoms with Gasteiger partial charge in [0.05, 0.1) is 17.3 Å². The number of anilines is 1. The van der Waals surface area contributed by atoms with E-state index in [4.69, 9.17) is 0 Å². The van der Waals surface area contributed by atoms with E-state index in [-0.39, 0.29) is 11.9 Å². The molecule has 1 aromatic carbocycles. The monoisotopic (exact) mass is 445 g/mol. The Bertz CT molecular complexity index is 1250. The molecule has 31 heavy (non-hydrogen) atoms. The lowest BCUT2D eigenvalue weighted by atomic mass is 10.1. The molecule has 3 heterocycles. The maximum Gasteiger partial charge on any atom is 0.416 e. The Kier molecular flexibility index (Phi) is 5.48. The molecular formula is C21H18F3N5OS. The van der Waals surface area contributed by atoms with Crippen molar-refractivity contribution in [1.82, 2.24) is 19.7 Å². The van der Waals surface area contributed by atoms with E-state index in [0.717, 1.165) is 22.4 Å². The molecule has 0 unspecified atom stereocenters. The van der Waals surface area contributed by atoms with Crippen molar-refractivity contribution >= 4 is 33.4 Å². The van der Waals surface area contributed by atoms with Gasteiger partial charge in [0.15, 0.2) is 10.8 Å². The van der Waals surface area contributed by atoms with Crippen LogP contribution in [0.2, 0.25) is 0 Å². The Labute approximate surface area is 179 Å². The van der Waals surface area contributed by atoms with E-state index in [1.54, 1.807) is 29.2 Å². The second kappa shape index (κ2) is 8.10. The van der Waals surface area contributed by atoms with Crippen LogP contribution in [0.3, 0.4) is 0 Å². The molecular weight excluding hydrogens is 427 g/mol. The summed E-state index contributed by atoms with van der Waals surface area (Å²) in [6.45, 7) is 3.99. The van der Waals surface area contributed by atoms with Crippen LogP contribution in [-0.4, -0.2) is 25.7 Å². The average molecular weight is 445 g/mol. The lowest BCUT2D eigenvalue weighted by Crippen LogP contribution is -2.12. The van der Waals surface area contributed by atoms with Crippen LogP contribution in [0.1, 0.15) is 46.3 Å². The number of aromatic nitrogens is 4. The molecule has 0 spiro atoms. The summed E-state index contributed by atoms with van der Waals surface area (Å²) in [6.07, 6.45) is 0.600. The van der Waals surface area contributed by atoms with Gasteiger partial charge >= 0.3 is 6.18 Å². The van der Waals surface area contributed by atoms with Crippen LogP contribution in [-0.2, 0) is 12.6 Å². The number of alkyl halides is 3. The molecule has 1 N–H and O–H groups in total. The zero-order chi connectivity index (χ0) is 22.2. The van der Waals surface area contributed by atoms with Crippen LogP contribution in [0.15, 0.2) is 48.9 Å². The number of rotatable bonds is 5. The van der Waals surface area contributed by atoms with E-state index in [9.17, 15) is 18.0 Å². The minimum absolute atomic E-state index is 0.148. The average Bonchev–Trinajstić information content (AvgIpc) is 3.33. The highest BCUT2D eigenvalue weighted by atomic mass is 32.1.